The van der Waals surface area contributed by atoms with Gasteiger partial charge in [0.2, 0.25) is 4.34 Å². The third kappa shape index (κ3) is 2.61. The van der Waals surface area contributed by atoms with Crippen LogP contribution in [0, 0.1) is 5.92 Å². The molecule has 0 amide bonds. The van der Waals surface area contributed by atoms with Crippen LogP contribution in [0.1, 0.15) is 13.8 Å². The van der Waals surface area contributed by atoms with Crippen molar-refractivity contribution in [1.29, 1.82) is 0 Å². The van der Waals surface area contributed by atoms with E-state index in [0.717, 1.165) is 20.3 Å². The van der Waals surface area contributed by atoms with E-state index in [9.17, 15) is 13.2 Å². The molecule has 2 aromatic rings. The Labute approximate surface area is 122 Å². The molecule has 0 spiro atoms. The molecule has 108 valence electrons. The van der Waals surface area contributed by atoms with Gasteiger partial charge >= 0.3 is 0 Å². The molecule has 1 unspecified atom stereocenters. The second kappa shape index (κ2) is 5.59. The molecule has 1 heterocycles. The van der Waals surface area contributed by atoms with Gasteiger partial charge in [-0.3, -0.25) is 0 Å². The van der Waals surface area contributed by atoms with Gasteiger partial charge in [0.25, 0.3) is 10.0 Å². The topological polar surface area (TPSA) is 67.3 Å². The zero-order valence-electron chi connectivity index (χ0n) is 11.5. The summed E-state index contributed by atoms with van der Waals surface area (Å²) in [5, 5.41) is 0. The summed E-state index contributed by atoms with van der Waals surface area (Å²) in [7, 11) is -2.33. The lowest BCUT2D eigenvalue weighted by molar-refractivity contribution is -0.111. The molecule has 1 atom stereocenters. The maximum atomic E-state index is 12.5. The van der Waals surface area contributed by atoms with E-state index < -0.39 is 16.1 Å². The van der Waals surface area contributed by atoms with Gasteiger partial charge in [-0.1, -0.05) is 26.0 Å². The van der Waals surface area contributed by atoms with Crippen LogP contribution in [0.4, 0.5) is 0 Å². The summed E-state index contributed by atoms with van der Waals surface area (Å²) < 4.78 is 27.0. The summed E-state index contributed by atoms with van der Waals surface area (Å²) in [6.45, 7) is 3.62. The first kappa shape index (κ1) is 15.1. The number of rotatable bonds is 5. The number of sulfonamides is 1. The standard InChI is InChI=1S/C13H16N2O3S2/c1-9(2)11(8-16)15(3)20(17,18)13-14-10-6-4-5-7-12(10)19-13/h4-9,11H,1-3H3. The first-order valence-electron chi connectivity index (χ1n) is 6.17. The molecule has 7 heteroatoms. The second-order valence-electron chi connectivity index (χ2n) is 4.84. The summed E-state index contributed by atoms with van der Waals surface area (Å²) >= 11 is 1.12. The van der Waals surface area contributed by atoms with Crippen LogP contribution in [-0.4, -0.2) is 37.1 Å². The highest BCUT2D eigenvalue weighted by atomic mass is 32.2. The molecule has 0 fully saturated rings. The maximum Gasteiger partial charge on any atom is 0.270 e. The van der Waals surface area contributed by atoms with Crippen molar-refractivity contribution in [1.82, 2.24) is 9.29 Å². The molecule has 0 N–H and O–H groups in total. The van der Waals surface area contributed by atoms with Crippen molar-refractivity contribution in [2.24, 2.45) is 5.92 Å². The number of benzene rings is 1. The molecule has 0 aliphatic rings. The van der Waals surface area contributed by atoms with Gasteiger partial charge in [0, 0.05) is 7.05 Å². The van der Waals surface area contributed by atoms with Gasteiger partial charge in [-0.25, -0.2) is 13.4 Å². The molecule has 1 aromatic carbocycles. The van der Waals surface area contributed by atoms with Crippen molar-refractivity contribution in [3.8, 4) is 0 Å². The Balaban J connectivity index is 2.46. The quantitative estimate of drug-likeness (QED) is 0.793. The third-order valence-electron chi connectivity index (χ3n) is 3.12. The fraction of sp³-hybridized carbons (Fsp3) is 0.385. The number of fused-ring (bicyclic) bond motifs is 1. The molecule has 0 bridgehead atoms. The van der Waals surface area contributed by atoms with E-state index in [2.05, 4.69) is 4.98 Å². The monoisotopic (exact) mass is 312 g/mol. The summed E-state index contributed by atoms with van der Waals surface area (Å²) in [5.74, 6) is -0.0957. The minimum absolute atomic E-state index is 0.0219. The molecule has 20 heavy (non-hydrogen) atoms. The number of para-hydroxylation sites is 1. The second-order valence-corrected chi connectivity index (χ2v) is 8.04. The van der Waals surface area contributed by atoms with E-state index in [-0.39, 0.29) is 10.3 Å². The number of likely N-dealkylation sites (N-methyl/N-ethyl adjacent to an activating group) is 1. The minimum Gasteiger partial charge on any atom is -0.302 e. The van der Waals surface area contributed by atoms with Crippen LogP contribution >= 0.6 is 11.3 Å². The molecule has 2 rings (SSSR count). The number of carbonyl (C=O) groups is 1. The van der Waals surface area contributed by atoms with Crippen molar-refractivity contribution in [3.63, 3.8) is 0 Å². The minimum atomic E-state index is -3.75. The molecule has 0 saturated heterocycles. The van der Waals surface area contributed by atoms with Gasteiger partial charge in [-0.15, -0.1) is 11.3 Å². The zero-order valence-corrected chi connectivity index (χ0v) is 13.1. The molecule has 1 aromatic heterocycles. The summed E-state index contributed by atoms with van der Waals surface area (Å²) in [5.41, 5.74) is 0.650. The molecular weight excluding hydrogens is 296 g/mol. The fourth-order valence-electron chi connectivity index (χ4n) is 1.91. The number of aromatic nitrogens is 1. The Morgan fingerprint density at radius 1 is 1.30 bits per heavy atom. The van der Waals surface area contributed by atoms with Crippen molar-refractivity contribution < 1.29 is 13.2 Å². The zero-order chi connectivity index (χ0) is 14.9. The van der Waals surface area contributed by atoms with Crippen LogP contribution in [-0.2, 0) is 14.8 Å². The van der Waals surface area contributed by atoms with Crippen molar-refractivity contribution in [3.05, 3.63) is 24.3 Å². The Hall–Kier alpha value is -1.31. The van der Waals surface area contributed by atoms with Gasteiger partial charge in [0.1, 0.15) is 6.29 Å². The lowest BCUT2D eigenvalue weighted by Gasteiger charge is -2.24. The number of hydrogen-bond donors (Lipinski definition) is 0. The molecular formula is C13H16N2O3S2. The van der Waals surface area contributed by atoms with Crippen LogP contribution in [0.15, 0.2) is 28.6 Å². The first-order valence-corrected chi connectivity index (χ1v) is 8.42. The lowest BCUT2D eigenvalue weighted by atomic mass is 10.1. The summed E-state index contributed by atoms with van der Waals surface area (Å²) in [4.78, 5) is 15.3. The number of thiazole rings is 1. The molecule has 0 saturated carbocycles. The van der Waals surface area contributed by atoms with Gasteiger partial charge in [0.05, 0.1) is 16.3 Å². The number of aldehydes is 1. The smallest absolute Gasteiger partial charge is 0.270 e. The Bertz CT molecular complexity index is 689. The van der Waals surface area contributed by atoms with E-state index in [4.69, 9.17) is 0 Å². The lowest BCUT2D eigenvalue weighted by Crippen LogP contribution is -2.41. The maximum absolute atomic E-state index is 12.5. The molecule has 0 radical (unpaired) electrons. The predicted octanol–water partition coefficient (Wildman–Crippen LogP) is 2.14. The van der Waals surface area contributed by atoms with Gasteiger partial charge < -0.3 is 4.79 Å². The Kier molecular flexibility index (Phi) is 4.22. The highest BCUT2D eigenvalue weighted by molar-refractivity contribution is 7.91. The van der Waals surface area contributed by atoms with Crippen molar-refractivity contribution in [2.75, 3.05) is 7.05 Å². The Morgan fingerprint density at radius 2 is 1.95 bits per heavy atom. The van der Waals surface area contributed by atoms with Gasteiger partial charge in [-0.2, -0.15) is 4.31 Å². The number of hydrogen-bond acceptors (Lipinski definition) is 5. The van der Waals surface area contributed by atoms with E-state index in [1.54, 1.807) is 6.07 Å². The summed E-state index contributed by atoms with van der Waals surface area (Å²) in [6, 6.07) is 6.55. The molecule has 5 nitrogen and oxygen atoms in total. The average molecular weight is 312 g/mol. The average Bonchev–Trinajstić information content (AvgIpc) is 2.83. The van der Waals surface area contributed by atoms with Gasteiger partial charge in [-0.05, 0) is 18.1 Å². The first-order chi connectivity index (χ1) is 9.37. The van der Waals surface area contributed by atoms with E-state index >= 15 is 0 Å². The number of nitrogens with zero attached hydrogens (tertiary/aromatic N) is 2. The predicted molar refractivity (Wildman–Crippen MR) is 79.3 cm³/mol. The molecule has 0 aliphatic heterocycles. The Morgan fingerprint density at radius 3 is 2.50 bits per heavy atom. The van der Waals surface area contributed by atoms with Crippen molar-refractivity contribution in [2.45, 2.75) is 24.2 Å². The normalized spacial score (nSPS) is 14.1. The summed E-state index contributed by atoms with van der Waals surface area (Å²) in [6.07, 6.45) is 0.662. The largest absolute Gasteiger partial charge is 0.302 e. The van der Waals surface area contributed by atoms with Crippen LogP contribution in [0.2, 0.25) is 0 Å². The van der Waals surface area contributed by atoms with E-state index in [1.165, 1.54) is 7.05 Å². The van der Waals surface area contributed by atoms with Gasteiger partial charge in [0.15, 0.2) is 0 Å². The highest BCUT2D eigenvalue weighted by Crippen LogP contribution is 2.28. The molecule has 0 aliphatic carbocycles. The highest BCUT2D eigenvalue weighted by Gasteiger charge is 2.32. The van der Waals surface area contributed by atoms with Crippen LogP contribution in [0.25, 0.3) is 10.2 Å². The fourth-order valence-corrected chi connectivity index (χ4v) is 4.72. The SMILES string of the molecule is CC(C)C(C=O)N(C)S(=O)(=O)c1nc2ccccc2s1. The van der Waals surface area contributed by atoms with Crippen LogP contribution < -0.4 is 0 Å². The van der Waals surface area contributed by atoms with Crippen LogP contribution in [0.5, 0.6) is 0 Å². The van der Waals surface area contributed by atoms with E-state index in [1.807, 2.05) is 32.0 Å². The third-order valence-corrected chi connectivity index (χ3v) is 6.36. The van der Waals surface area contributed by atoms with Crippen LogP contribution in [0.3, 0.4) is 0 Å². The van der Waals surface area contributed by atoms with E-state index in [0.29, 0.717) is 11.8 Å². The number of carbonyl (C=O) groups excluding carboxylic acids is 1. The van der Waals surface area contributed by atoms with Crippen molar-refractivity contribution >= 4 is 37.9 Å².